The lowest BCUT2D eigenvalue weighted by Gasteiger charge is -2.24. The molecule has 0 bridgehead atoms. The molecule has 0 saturated heterocycles. The van der Waals surface area contributed by atoms with E-state index in [9.17, 15) is 9.90 Å². The maximum absolute atomic E-state index is 12.1. The minimum absolute atomic E-state index is 0.00735. The molecule has 1 aromatic heterocycles. The van der Waals surface area contributed by atoms with Crippen LogP contribution >= 0.6 is 11.3 Å². The van der Waals surface area contributed by atoms with E-state index in [4.69, 9.17) is 4.74 Å². The van der Waals surface area contributed by atoms with Gasteiger partial charge in [0.1, 0.15) is 5.75 Å². The topological polar surface area (TPSA) is 70.6 Å². The molecule has 3 rings (SSSR count). The van der Waals surface area contributed by atoms with Crippen molar-refractivity contribution in [3.05, 3.63) is 46.2 Å². The predicted molar refractivity (Wildman–Crippen MR) is 90.9 cm³/mol. The van der Waals surface area contributed by atoms with Crippen LogP contribution in [0.15, 0.2) is 35.7 Å². The monoisotopic (exact) mass is 332 g/mol. The van der Waals surface area contributed by atoms with E-state index in [1.165, 1.54) is 0 Å². The van der Waals surface area contributed by atoms with Crippen molar-refractivity contribution in [3.63, 3.8) is 0 Å². The fraction of sp³-hybridized carbons (Fsp3) is 0.353. The van der Waals surface area contributed by atoms with Crippen molar-refractivity contribution in [2.45, 2.75) is 25.5 Å². The zero-order chi connectivity index (χ0) is 16.2. The van der Waals surface area contributed by atoms with Crippen molar-refractivity contribution < 1.29 is 14.6 Å². The lowest BCUT2D eigenvalue weighted by Crippen LogP contribution is -2.32. The summed E-state index contributed by atoms with van der Waals surface area (Å²) in [6, 6.07) is 9.53. The van der Waals surface area contributed by atoms with Gasteiger partial charge in [-0.1, -0.05) is 18.2 Å². The van der Waals surface area contributed by atoms with E-state index in [1.54, 1.807) is 11.3 Å². The fourth-order valence-corrected chi connectivity index (χ4v) is 3.36. The summed E-state index contributed by atoms with van der Waals surface area (Å²) < 4.78 is 5.64. The molecule has 0 radical (unpaired) electrons. The number of fused-ring (bicyclic) bond motifs is 1. The Morgan fingerprint density at radius 1 is 1.43 bits per heavy atom. The Morgan fingerprint density at radius 2 is 2.30 bits per heavy atom. The van der Waals surface area contributed by atoms with Gasteiger partial charge in [-0.2, -0.15) is 0 Å². The quantitative estimate of drug-likeness (QED) is 0.787. The molecule has 2 atom stereocenters. The molecule has 5 nitrogen and oxygen atoms in total. The van der Waals surface area contributed by atoms with Gasteiger partial charge in [-0.05, 0) is 24.4 Å². The zero-order valence-corrected chi connectivity index (χ0v) is 13.7. The van der Waals surface area contributed by atoms with Crippen molar-refractivity contribution in [3.8, 4) is 5.75 Å². The number of ether oxygens (including phenoxy) is 1. The maximum atomic E-state index is 12.1. The van der Waals surface area contributed by atoms with Crippen molar-refractivity contribution in [1.82, 2.24) is 5.32 Å². The van der Waals surface area contributed by atoms with E-state index in [1.807, 2.05) is 42.6 Å². The first kappa shape index (κ1) is 15.8. The molecule has 2 heterocycles. The zero-order valence-electron chi connectivity index (χ0n) is 12.9. The lowest BCUT2D eigenvalue weighted by atomic mass is 10.0. The molecule has 6 heteroatoms. The number of rotatable bonds is 5. The van der Waals surface area contributed by atoms with Crippen LogP contribution in [0, 0.1) is 0 Å². The molecule has 23 heavy (non-hydrogen) atoms. The highest BCUT2D eigenvalue weighted by Gasteiger charge is 2.22. The third-order valence-electron chi connectivity index (χ3n) is 3.83. The van der Waals surface area contributed by atoms with Crippen LogP contribution in [0.3, 0.4) is 0 Å². The largest absolute Gasteiger partial charge is 0.491 e. The maximum Gasteiger partial charge on any atom is 0.239 e. The van der Waals surface area contributed by atoms with Crippen molar-refractivity contribution in [1.29, 1.82) is 0 Å². The summed E-state index contributed by atoms with van der Waals surface area (Å²) in [6.45, 7) is 2.60. The van der Waals surface area contributed by atoms with Crippen molar-refractivity contribution in [2.24, 2.45) is 0 Å². The molecule has 0 unspecified atom stereocenters. The Morgan fingerprint density at radius 3 is 3.09 bits per heavy atom. The SMILES string of the molecule is C[C@@H](NC(=O)CNc1cccc2c1OCC[C@@H]2O)c1cccs1. The highest BCUT2D eigenvalue weighted by atomic mass is 32.1. The van der Waals surface area contributed by atoms with Gasteiger partial charge in [0.2, 0.25) is 5.91 Å². The lowest BCUT2D eigenvalue weighted by molar-refractivity contribution is -0.120. The number of hydrogen-bond donors (Lipinski definition) is 3. The number of para-hydroxylation sites is 1. The van der Waals surface area contributed by atoms with Crippen LogP contribution < -0.4 is 15.4 Å². The molecule has 1 aliphatic rings. The van der Waals surface area contributed by atoms with Crippen molar-refractivity contribution >= 4 is 22.9 Å². The Bertz CT molecular complexity index is 672. The van der Waals surface area contributed by atoms with Gasteiger partial charge in [0.25, 0.3) is 0 Å². The van der Waals surface area contributed by atoms with Crippen LogP contribution in [0.5, 0.6) is 5.75 Å². The van der Waals surface area contributed by atoms with E-state index in [2.05, 4.69) is 10.6 Å². The number of hydrogen-bond acceptors (Lipinski definition) is 5. The van der Waals surface area contributed by atoms with E-state index in [-0.39, 0.29) is 18.5 Å². The number of benzene rings is 1. The number of anilines is 1. The second-order valence-corrected chi connectivity index (χ2v) is 6.51. The van der Waals surface area contributed by atoms with Gasteiger partial charge >= 0.3 is 0 Å². The summed E-state index contributed by atoms with van der Waals surface area (Å²) in [7, 11) is 0. The van der Waals surface area contributed by atoms with Gasteiger partial charge in [0.05, 0.1) is 31.0 Å². The van der Waals surface area contributed by atoms with Crippen LogP contribution in [-0.2, 0) is 4.79 Å². The molecule has 2 aromatic rings. The van der Waals surface area contributed by atoms with Crippen LogP contribution in [0.4, 0.5) is 5.69 Å². The molecule has 0 fully saturated rings. The van der Waals surface area contributed by atoms with E-state index < -0.39 is 6.10 Å². The number of aliphatic hydroxyl groups is 1. The second kappa shape index (κ2) is 7.02. The summed E-state index contributed by atoms with van der Waals surface area (Å²) >= 11 is 1.62. The minimum atomic E-state index is -0.506. The van der Waals surface area contributed by atoms with Crippen LogP contribution in [-0.4, -0.2) is 24.2 Å². The molecule has 3 N–H and O–H groups in total. The average molecular weight is 332 g/mol. The molecular weight excluding hydrogens is 312 g/mol. The van der Waals surface area contributed by atoms with E-state index in [0.717, 1.165) is 16.1 Å². The van der Waals surface area contributed by atoms with Crippen LogP contribution in [0.1, 0.15) is 35.9 Å². The van der Waals surface area contributed by atoms with Crippen LogP contribution in [0.25, 0.3) is 0 Å². The van der Waals surface area contributed by atoms with Gasteiger partial charge < -0.3 is 20.5 Å². The normalized spacial score (nSPS) is 17.7. The van der Waals surface area contributed by atoms with E-state index >= 15 is 0 Å². The molecule has 0 aliphatic carbocycles. The van der Waals surface area contributed by atoms with Gasteiger partial charge in [-0.15, -0.1) is 11.3 Å². The first-order valence-corrected chi connectivity index (χ1v) is 8.53. The third kappa shape index (κ3) is 3.65. The molecule has 0 spiro atoms. The minimum Gasteiger partial charge on any atom is -0.491 e. The Labute approximate surface area is 139 Å². The summed E-state index contributed by atoms with van der Waals surface area (Å²) in [6.07, 6.45) is 0.0862. The van der Waals surface area contributed by atoms with Gasteiger partial charge in [-0.3, -0.25) is 4.79 Å². The fourth-order valence-electron chi connectivity index (χ4n) is 2.62. The van der Waals surface area contributed by atoms with Crippen LogP contribution in [0.2, 0.25) is 0 Å². The van der Waals surface area contributed by atoms with E-state index in [0.29, 0.717) is 18.8 Å². The number of nitrogens with one attached hydrogen (secondary N) is 2. The number of thiophene rings is 1. The Hall–Kier alpha value is -2.05. The highest BCUT2D eigenvalue weighted by molar-refractivity contribution is 7.10. The molecule has 1 aliphatic heterocycles. The Balaban J connectivity index is 1.60. The second-order valence-electron chi connectivity index (χ2n) is 5.54. The first-order chi connectivity index (χ1) is 11.1. The molecule has 1 amide bonds. The standard InChI is InChI=1S/C17H20N2O3S/c1-11(15-6-3-9-23-15)19-16(21)10-18-13-5-2-4-12-14(20)7-8-22-17(12)13/h2-6,9,11,14,18,20H,7-8,10H2,1H3,(H,19,21)/t11-,14+/m1/s1. The highest BCUT2D eigenvalue weighted by Crippen LogP contribution is 2.37. The van der Waals surface area contributed by atoms with Gasteiger partial charge in [0.15, 0.2) is 0 Å². The summed E-state index contributed by atoms with van der Waals surface area (Å²) in [5.74, 6) is 0.560. The number of carbonyl (C=O) groups is 1. The first-order valence-electron chi connectivity index (χ1n) is 7.65. The summed E-state index contributed by atoms with van der Waals surface area (Å²) in [5.41, 5.74) is 1.51. The molecule has 0 saturated carbocycles. The van der Waals surface area contributed by atoms with Gasteiger partial charge in [-0.25, -0.2) is 0 Å². The van der Waals surface area contributed by atoms with Crippen molar-refractivity contribution in [2.75, 3.05) is 18.5 Å². The average Bonchev–Trinajstić information content (AvgIpc) is 3.08. The smallest absolute Gasteiger partial charge is 0.239 e. The summed E-state index contributed by atoms with van der Waals surface area (Å²) in [4.78, 5) is 13.2. The predicted octanol–water partition coefficient (Wildman–Crippen LogP) is 2.85. The van der Waals surface area contributed by atoms with Gasteiger partial charge in [0, 0.05) is 16.9 Å². The number of amides is 1. The Kier molecular flexibility index (Phi) is 4.83. The molecule has 122 valence electrons. The summed E-state index contributed by atoms with van der Waals surface area (Å²) in [5, 5.41) is 18.1. The number of aliphatic hydroxyl groups excluding tert-OH is 1. The number of carbonyl (C=O) groups excluding carboxylic acids is 1. The third-order valence-corrected chi connectivity index (χ3v) is 4.88. The molecule has 1 aromatic carbocycles. The molecular formula is C17H20N2O3S.